The number of amides is 1. The summed E-state index contributed by atoms with van der Waals surface area (Å²) < 4.78 is 6.83. The number of nitrogens with one attached hydrogen (secondary N) is 2. The first-order chi connectivity index (χ1) is 14.1. The van der Waals surface area contributed by atoms with Crippen molar-refractivity contribution in [3.8, 4) is 0 Å². The van der Waals surface area contributed by atoms with Crippen molar-refractivity contribution in [1.82, 2.24) is 9.99 Å². The minimum Gasteiger partial charge on any atom is -0.465 e. The van der Waals surface area contributed by atoms with Gasteiger partial charge in [0.1, 0.15) is 6.54 Å². The van der Waals surface area contributed by atoms with Gasteiger partial charge >= 0.3 is 5.97 Å². The first-order valence-corrected chi connectivity index (χ1v) is 9.49. The lowest BCUT2D eigenvalue weighted by molar-refractivity contribution is -0.143. The number of nitrogens with zero attached hydrogens (tertiary/aromatic N) is 2. The fraction of sp³-hybridized carbons (Fsp3) is 0.190. The van der Waals surface area contributed by atoms with Gasteiger partial charge in [-0.15, -0.1) is 0 Å². The number of hydrazone groups is 1. The van der Waals surface area contributed by atoms with E-state index in [1.54, 1.807) is 42.0 Å². The van der Waals surface area contributed by atoms with Crippen LogP contribution in [0.3, 0.4) is 0 Å². The molecule has 0 saturated carbocycles. The van der Waals surface area contributed by atoms with E-state index >= 15 is 0 Å². The molecule has 0 radical (unpaired) electrons. The van der Waals surface area contributed by atoms with Gasteiger partial charge in [-0.25, -0.2) is 5.43 Å². The topological polar surface area (TPSA) is 84.7 Å². The molecule has 0 atom stereocenters. The fourth-order valence-electron chi connectivity index (χ4n) is 2.82. The van der Waals surface area contributed by atoms with Crippen molar-refractivity contribution in [3.05, 3.63) is 65.3 Å². The van der Waals surface area contributed by atoms with Crippen molar-refractivity contribution in [2.45, 2.75) is 13.5 Å². The molecule has 0 spiro atoms. The van der Waals surface area contributed by atoms with Gasteiger partial charge in [0, 0.05) is 33.4 Å². The molecule has 1 amide bonds. The molecule has 0 bridgehead atoms. The number of ether oxygens (including phenoxy) is 1. The average molecular weight is 413 g/mol. The molecule has 29 heavy (non-hydrogen) atoms. The Balaban J connectivity index is 1.63. The van der Waals surface area contributed by atoms with Crippen LogP contribution in [0.4, 0.5) is 5.69 Å². The first kappa shape index (κ1) is 20.4. The molecular weight excluding hydrogens is 392 g/mol. The molecule has 2 aromatic carbocycles. The summed E-state index contributed by atoms with van der Waals surface area (Å²) in [5, 5.41) is 8.58. The second-order valence-electron chi connectivity index (χ2n) is 6.19. The SMILES string of the molecule is CCOC(=O)Cn1cc(/C=N\NC(=O)CNc2ccc(Cl)cc2)c2ccccc21. The normalized spacial score (nSPS) is 11.0. The van der Waals surface area contributed by atoms with Crippen LogP contribution in [0.15, 0.2) is 59.8 Å². The molecule has 0 unspecified atom stereocenters. The number of hydrogen-bond donors (Lipinski definition) is 2. The molecular formula is C21H21ClN4O3. The van der Waals surface area contributed by atoms with Crippen molar-refractivity contribution in [2.24, 2.45) is 5.10 Å². The summed E-state index contributed by atoms with van der Waals surface area (Å²) in [6.45, 7) is 2.29. The summed E-state index contributed by atoms with van der Waals surface area (Å²) in [6.07, 6.45) is 3.37. The van der Waals surface area contributed by atoms with Crippen LogP contribution in [-0.4, -0.2) is 35.8 Å². The Morgan fingerprint density at radius 2 is 1.93 bits per heavy atom. The molecule has 0 aliphatic heterocycles. The monoisotopic (exact) mass is 412 g/mol. The molecule has 150 valence electrons. The summed E-state index contributed by atoms with van der Waals surface area (Å²) in [5.74, 6) is -0.593. The maximum Gasteiger partial charge on any atom is 0.325 e. The highest BCUT2D eigenvalue weighted by Crippen LogP contribution is 2.20. The minimum atomic E-state index is -0.307. The van der Waals surface area contributed by atoms with Crippen LogP contribution in [0, 0.1) is 0 Å². The number of hydrogen-bond acceptors (Lipinski definition) is 5. The van der Waals surface area contributed by atoms with Gasteiger partial charge in [0.2, 0.25) is 0 Å². The number of esters is 1. The van der Waals surface area contributed by atoms with Crippen LogP contribution in [0.2, 0.25) is 5.02 Å². The van der Waals surface area contributed by atoms with Crippen molar-refractivity contribution in [2.75, 3.05) is 18.5 Å². The minimum absolute atomic E-state index is 0.0730. The van der Waals surface area contributed by atoms with Crippen LogP contribution >= 0.6 is 11.6 Å². The van der Waals surface area contributed by atoms with Crippen molar-refractivity contribution in [3.63, 3.8) is 0 Å². The number of para-hydroxylation sites is 1. The number of aromatic nitrogens is 1. The molecule has 8 heteroatoms. The molecule has 7 nitrogen and oxygen atoms in total. The summed E-state index contributed by atoms with van der Waals surface area (Å²) in [4.78, 5) is 23.8. The third-order valence-electron chi connectivity index (χ3n) is 4.11. The number of halogens is 1. The van der Waals surface area contributed by atoms with Gasteiger partial charge in [-0.3, -0.25) is 9.59 Å². The predicted molar refractivity (Wildman–Crippen MR) is 114 cm³/mol. The Morgan fingerprint density at radius 3 is 2.69 bits per heavy atom. The first-order valence-electron chi connectivity index (χ1n) is 9.11. The molecule has 0 aliphatic rings. The summed E-state index contributed by atoms with van der Waals surface area (Å²) in [5.41, 5.74) is 4.95. The van der Waals surface area contributed by atoms with Crippen LogP contribution in [0.1, 0.15) is 12.5 Å². The van der Waals surface area contributed by atoms with E-state index in [1.165, 1.54) is 0 Å². The van der Waals surface area contributed by atoms with E-state index in [2.05, 4.69) is 15.8 Å². The van der Waals surface area contributed by atoms with E-state index in [1.807, 2.05) is 30.5 Å². The summed E-state index contributed by atoms with van der Waals surface area (Å²) in [7, 11) is 0. The molecule has 0 saturated heterocycles. The lowest BCUT2D eigenvalue weighted by Gasteiger charge is -2.04. The van der Waals surface area contributed by atoms with Crippen LogP contribution in [0.5, 0.6) is 0 Å². The number of carbonyl (C=O) groups excluding carboxylic acids is 2. The van der Waals surface area contributed by atoms with E-state index in [4.69, 9.17) is 16.3 Å². The van der Waals surface area contributed by atoms with Gasteiger partial charge in [-0.2, -0.15) is 5.10 Å². The Bertz CT molecular complexity index is 1030. The molecule has 0 fully saturated rings. The van der Waals surface area contributed by atoms with Gasteiger partial charge in [0.25, 0.3) is 5.91 Å². The molecule has 3 aromatic rings. The molecule has 1 aromatic heterocycles. The van der Waals surface area contributed by atoms with E-state index in [9.17, 15) is 9.59 Å². The van der Waals surface area contributed by atoms with Crippen molar-refractivity contribution in [1.29, 1.82) is 0 Å². The van der Waals surface area contributed by atoms with Crippen LogP contribution < -0.4 is 10.7 Å². The molecule has 0 aliphatic carbocycles. The number of fused-ring (bicyclic) bond motifs is 1. The van der Waals surface area contributed by atoms with Gasteiger partial charge in [-0.05, 0) is 37.3 Å². The van der Waals surface area contributed by atoms with E-state index < -0.39 is 0 Å². The fourth-order valence-corrected chi connectivity index (χ4v) is 2.94. The Morgan fingerprint density at radius 1 is 1.17 bits per heavy atom. The zero-order valence-corrected chi connectivity index (χ0v) is 16.6. The van der Waals surface area contributed by atoms with Crippen LogP contribution in [-0.2, 0) is 20.9 Å². The van der Waals surface area contributed by atoms with Crippen molar-refractivity contribution >= 4 is 46.3 Å². The van der Waals surface area contributed by atoms with Gasteiger partial charge in [0.05, 0.1) is 19.4 Å². The van der Waals surface area contributed by atoms with E-state index in [0.717, 1.165) is 22.2 Å². The van der Waals surface area contributed by atoms with Gasteiger partial charge in [-0.1, -0.05) is 29.8 Å². The number of benzene rings is 2. The number of anilines is 1. The molecule has 2 N–H and O–H groups in total. The second kappa shape index (κ2) is 9.75. The van der Waals surface area contributed by atoms with Gasteiger partial charge in [0.15, 0.2) is 0 Å². The van der Waals surface area contributed by atoms with E-state index in [-0.39, 0.29) is 25.0 Å². The standard InChI is InChI=1S/C21H21ClN4O3/c1-2-29-21(28)14-26-13-15(18-5-3-4-6-19(18)26)11-24-25-20(27)12-23-17-9-7-16(22)8-10-17/h3-11,13,23H,2,12,14H2,1H3,(H,25,27)/b24-11-. The third-order valence-corrected chi connectivity index (χ3v) is 4.37. The summed E-state index contributed by atoms with van der Waals surface area (Å²) >= 11 is 5.83. The zero-order valence-electron chi connectivity index (χ0n) is 15.9. The van der Waals surface area contributed by atoms with E-state index in [0.29, 0.717) is 11.6 Å². The Kier molecular flexibility index (Phi) is 6.86. The Labute approximate surface area is 173 Å². The predicted octanol–water partition coefficient (Wildman–Crippen LogP) is 3.42. The third kappa shape index (κ3) is 5.58. The zero-order chi connectivity index (χ0) is 20.6. The maximum absolute atomic E-state index is 12.0. The molecule has 1 heterocycles. The molecule has 3 rings (SSSR count). The highest BCUT2D eigenvalue weighted by atomic mass is 35.5. The highest BCUT2D eigenvalue weighted by Gasteiger charge is 2.10. The number of rotatable bonds is 8. The van der Waals surface area contributed by atoms with Gasteiger partial charge < -0.3 is 14.6 Å². The average Bonchev–Trinajstić information content (AvgIpc) is 3.05. The highest BCUT2D eigenvalue weighted by molar-refractivity contribution is 6.30. The lowest BCUT2D eigenvalue weighted by Crippen LogP contribution is -2.25. The van der Waals surface area contributed by atoms with Crippen LogP contribution in [0.25, 0.3) is 10.9 Å². The second-order valence-corrected chi connectivity index (χ2v) is 6.62. The lowest BCUT2D eigenvalue weighted by atomic mass is 10.2. The largest absolute Gasteiger partial charge is 0.465 e. The quantitative estimate of drug-likeness (QED) is 0.337. The summed E-state index contributed by atoms with van der Waals surface area (Å²) in [6, 6.07) is 14.7. The van der Waals surface area contributed by atoms with Crippen molar-refractivity contribution < 1.29 is 14.3 Å². The smallest absolute Gasteiger partial charge is 0.325 e. The Hall–Kier alpha value is -3.32. The maximum atomic E-state index is 12.0. The number of carbonyl (C=O) groups is 2.